The van der Waals surface area contributed by atoms with E-state index in [0.29, 0.717) is 37.4 Å². The summed E-state index contributed by atoms with van der Waals surface area (Å²) in [5.74, 6) is 2.64. The van der Waals surface area contributed by atoms with Crippen LogP contribution in [0.2, 0.25) is 0 Å². The Morgan fingerprint density at radius 2 is 2.38 bits per heavy atom. The molecule has 0 unspecified atom stereocenters. The molecule has 2 saturated heterocycles. The van der Waals surface area contributed by atoms with Gasteiger partial charge in [-0.1, -0.05) is 0 Å². The number of hydrogen-bond acceptors (Lipinski definition) is 6. The van der Waals surface area contributed by atoms with Gasteiger partial charge in [-0.3, -0.25) is 4.79 Å². The fourth-order valence-electron chi connectivity index (χ4n) is 3.83. The van der Waals surface area contributed by atoms with Crippen LogP contribution in [0.25, 0.3) is 0 Å². The van der Waals surface area contributed by atoms with Gasteiger partial charge >= 0.3 is 0 Å². The molecule has 1 saturated carbocycles. The van der Waals surface area contributed by atoms with E-state index in [-0.39, 0.29) is 11.3 Å². The first-order valence-corrected chi connectivity index (χ1v) is 8.64. The minimum atomic E-state index is -0.105. The summed E-state index contributed by atoms with van der Waals surface area (Å²) in [5, 5.41) is 3.09. The SMILES string of the molecule is COc1cc(N2C[C@@H]3COC[C@]3(CC(=O)NCC3CC3)C2)ncn1. The summed E-state index contributed by atoms with van der Waals surface area (Å²) >= 11 is 0. The van der Waals surface area contributed by atoms with Crippen molar-refractivity contribution in [1.29, 1.82) is 0 Å². The van der Waals surface area contributed by atoms with E-state index in [0.717, 1.165) is 25.5 Å². The average Bonchev–Trinajstić information content (AvgIpc) is 3.25. The van der Waals surface area contributed by atoms with Gasteiger partial charge in [0.1, 0.15) is 12.1 Å². The van der Waals surface area contributed by atoms with E-state index in [4.69, 9.17) is 9.47 Å². The Morgan fingerprint density at radius 1 is 1.50 bits per heavy atom. The molecule has 0 spiro atoms. The molecule has 1 aromatic rings. The van der Waals surface area contributed by atoms with E-state index < -0.39 is 0 Å². The monoisotopic (exact) mass is 332 g/mol. The number of carbonyl (C=O) groups excluding carboxylic acids is 1. The Morgan fingerprint density at radius 3 is 3.17 bits per heavy atom. The molecular formula is C17H24N4O3. The number of nitrogens with one attached hydrogen (secondary N) is 1. The van der Waals surface area contributed by atoms with Crippen molar-refractivity contribution in [1.82, 2.24) is 15.3 Å². The molecule has 3 fully saturated rings. The van der Waals surface area contributed by atoms with E-state index >= 15 is 0 Å². The normalized spacial score (nSPS) is 28.7. The van der Waals surface area contributed by atoms with E-state index in [1.54, 1.807) is 7.11 Å². The quantitative estimate of drug-likeness (QED) is 0.832. The maximum absolute atomic E-state index is 12.4. The van der Waals surface area contributed by atoms with Crippen LogP contribution >= 0.6 is 0 Å². The number of amides is 1. The Kier molecular flexibility index (Phi) is 4.04. The zero-order valence-corrected chi connectivity index (χ0v) is 14.0. The van der Waals surface area contributed by atoms with Gasteiger partial charge in [-0.2, -0.15) is 0 Å². The highest BCUT2D eigenvalue weighted by Crippen LogP contribution is 2.45. The van der Waals surface area contributed by atoms with Crippen molar-refractivity contribution in [3.05, 3.63) is 12.4 Å². The van der Waals surface area contributed by atoms with Crippen LogP contribution in [0.4, 0.5) is 5.82 Å². The summed E-state index contributed by atoms with van der Waals surface area (Å²) < 4.78 is 10.9. The molecule has 0 bridgehead atoms. The largest absolute Gasteiger partial charge is 0.481 e. The molecule has 24 heavy (non-hydrogen) atoms. The summed E-state index contributed by atoms with van der Waals surface area (Å²) in [6, 6.07) is 1.85. The van der Waals surface area contributed by atoms with Gasteiger partial charge in [0.25, 0.3) is 0 Å². The lowest BCUT2D eigenvalue weighted by Crippen LogP contribution is -2.38. The Bertz CT molecular complexity index is 622. The summed E-state index contributed by atoms with van der Waals surface area (Å²) in [4.78, 5) is 23.0. The van der Waals surface area contributed by atoms with Crippen LogP contribution in [0, 0.1) is 17.3 Å². The lowest BCUT2D eigenvalue weighted by Gasteiger charge is -2.26. The average molecular weight is 332 g/mol. The summed E-state index contributed by atoms with van der Waals surface area (Å²) in [7, 11) is 1.60. The van der Waals surface area contributed by atoms with E-state index in [9.17, 15) is 4.79 Å². The predicted molar refractivity (Wildman–Crippen MR) is 87.9 cm³/mol. The van der Waals surface area contributed by atoms with Gasteiger partial charge in [0, 0.05) is 43.5 Å². The minimum Gasteiger partial charge on any atom is -0.481 e. The highest BCUT2D eigenvalue weighted by atomic mass is 16.5. The molecule has 2 atom stereocenters. The van der Waals surface area contributed by atoms with Crippen LogP contribution < -0.4 is 15.0 Å². The second-order valence-electron chi connectivity index (χ2n) is 7.30. The molecule has 1 aromatic heterocycles. The molecule has 1 amide bonds. The highest BCUT2D eigenvalue weighted by Gasteiger charge is 2.52. The van der Waals surface area contributed by atoms with Crippen LogP contribution in [0.1, 0.15) is 19.3 Å². The predicted octanol–water partition coefficient (Wildman–Crippen LogP) is 0.854. The van der Waals surface area contributed by atoms with Crippen molar-refractivity contribution >= 4 is 11.7 Å². The summed E-state index contributed by atoms with van der Waals surface area (Å²) in [6.45, 7) is 3.83. The van der Waals surface area contributed by atoms with Gasteiger partial charge in [0.15, 0.2) is 0 Å². The molecule has 7 heteroatoms. The molecule has 1 N–H and O–H groups in total. The first-order chi connectivity index (χ1) is 11.7. The zero-order valence-electron chi connectivity index (χ0n) is 14.0. The number of carbonyl (C=O) groups is 1. The van der Waals surface area contributed by atoms with Crippen molar-refractivity contribution in [3.63, 3.8) is 0 Å². The number of anilines is 1. The van der Waals surface area contributed by atoms with Gasteiger partial charge in [-0.25, -0.2) is 9.97 Å². The van der Waals surface area contributed by atoms with Crippen LogP contribution in [0.15, 0.2) is 12.4 Å². The van der Waals surface area contributed by atoms with E-state index in [2.05, 4.69) is 20.2 Å². The van der Waals surface area contributed by atoms with Gasteiger partial charge in [-0.15, -0.1) is 0 Å². The number of hydrogen-bond donors (Lipinski definition) is 1. The lowest BCUT2D eigenvalue weighted by molar-refractivity contribution is -0.123. The minimum absolute atomic E-state index is 0.105. The topological polar surface area (TPSA) is 76.6 Å². The third-order valence-corrected chi connectivity index (χ3v) is 5.48. The number of rotatable bonds is 6. The van der Waals surface area contributed by atoms with Crippen LogP contribution in [-0.4, -0.2) is 55.8 Å². The molecule has 7 nitrogen and oxygen atoms in total. The third kappa shape index (κ3) is 3.05. The van der Waals surface area contributed by atoms with Crippen molar-refractivity contribution < 1.29 is 14.3 Å². The lowest BCUT2D eigenvalue weighted by atomic mass is 9.78. The Balaban J connectivity index is 1.44. The van der Waals surface area contributed by atoms with Crippen LogP contribution in [-0.2, 0) is 9.53 Å². The van der Waals surface area contributed by atoms with Gasteiger partial charge in [0.2, 0.25) is 11.8 Å². The molecule has 130 valence electrons. The van der Waals surface area contributed by atoms with Gasteiger partial charge in [-0.05, 0) is 18.8 Å². The fraction of sp³-hybridized carbons (Fsp3) is 0.706. The second kappa shape index (κ2) is 6.20. The summed E-state index contributed by atoms with van der Waals surface area (Å²) in [5.41, 5.74) is -0.105. The second-order valence-corrected chi connectivity index (χ2v) is 7.30. The maximum Gasteiger partial charge on any atom is 0.220 e. The van der Waals surface area contributed by atoms with Crippen LogP contribution in [0.3, 0.4) is 0 Å². The number of aromatic nitrogens is 2. The molecular weight excluding hydrogens is 308 g/mol. The standard InChI is InChI=1S/C17H24N4O3/c1-23-16-4-14(19-11-20-16)21-7-13-8-24-10-17(13,9-21)5-15(22)18-6-12-2-3-12/h4,11-13H,2-3,5-10H2,1H3,(H,18,22)/t13-,17+/m1/s1. The summed E-state index contributed by atoms with van der Waals surface area (Å²) in [6.07, 6.45) is 4.55. The molecule has 3 heterocycles. The van der Waals surface area contributed by atoms with Gasteiger partial charge in [0.05, 0.1) is 20.3 Å². The first-order valence-electron chi connectivity index (χ1n) is 8.64. The third-order valence-electron chi connectivity index (χ3n) is 5.48. The number of ether oxygens (including phenoxy) is 2. The van der Waals surface area contributed by atoms with Crippen molar-refractivity contribution in [2.75, 3.05) is 44.9 Å². The van der Waals surface area contributed by atoms with Crippen molar-refractivity contribution in [2.24, 2.45) is 17.3 Å². The first kappa shape index (κ1) is 15.6. The highest BCUT2D eigenvalue weighted by molar-refractivity contribution is 5.77. The van der Waals surface area contributed by atoms with Crippen molar-refractivity contribution in [2.45, 2.75) is 19.3 Å². The number of methoxy groups -OCH3 is 1. The van der Waals surface area contributed by atoms with E-state index in [1.165, 1.54) is 19.2 Å². The smallest absolute Gasteiger partial charge is 0.220 e. The molecule has 3 aliphatic rings. The molecule has 0 aromatic carbocycles. The van der Waals surface area contributed by atoms with Crippen LogP contribution in [0.5, 0.6) is 5.88 Å². The molecule has 2 aliphatic heterocycles. The Hall–Kier alpha value is -1.89. The molecule has 0 radical (unpaired) electrons. The number of nitrogens with zero attached hydrogens (tertiary/aromatic N) is 3. The maximum atomic E-state index is 12.4. The fourth-order valence-corrected chi connectivity index (χ4v) is 3.83. The van der Waals surface area contributed by atoms with E-state index in [1.807, 2.05) is 6.07 Å². The van der Waals surface area contributed by atoms with Crippen molar-refractivity contribution in [3.8, 4) is 5.88 Å². The Labute approximate surface area is 141 Å². The zero-order chi connectivity index (χ0) is 16.6. The molecule has 4 rings (SSSR count). The molecule has 1 aliphatic carbocycles. The number of fused-ring (bicyclic) bond motifs is 1. The van der Waals surface area contributed by atoms with Gasteiger partial charge < -0.3 is 19.7 Å².